The van der Waals surface area contributed by atoms with Gasteiger partial charge in [-0.2, -0.15) is 0 Å². The van der Waals surface area contributed by atoms with Gasteiger partial charge in [0.15, 0.2) is 0 Å². The van der Waals surface area contributed by atoms with Crippen molar-refractivity contribution in [3.63, 3.8) is 0 Å². The largest absolute Gasteiger partial charge is 0.346 e. The number of aryl methyl sites for hydroxylation is 2. The van der Waals surface area contributed by atoms with E-state index in [0.717, 1.165) is 30.7 Å². The molecule has 4 amide bonds. The summed E-state index contributed by atoms with van der Waals surface area (Å²) in [5.74, 6) is -0.600. The first kappa shape index (κ1) is 15.0. The predicted molar refractivity (Wildman–Crippen MR) is 82.5 cm³/mol. The van der Waals surface area contributed by atoms with E-state index < -0.39 is 6.03 Å². The number of amides is 4. The standard InChI is InChI=1S/C15H19N3O3S/c1-9(2)18-13(19)8-17(15(18)21)16-14(20)12-7-10-5-3-4-6-11(10)22-12/h7,9H,3-6,8H2,1-2H3,(H,16,20). The van der Waals surface area contributed by atoms with Crippen LogP contribution in [0.5, 0.6) is 0 Å². The van der Waals surface area contributed by atoms with Crippen molar-refractivity contribution in [3.8, 4) is 0 Å². The Kier molecular flexibility index (Phi) is 3.90. The van der Waals surface area contributed by atoms with Crippen molar-refractivity contribution in [2.45, 2.75) is 45.6 Å². The third-order valence-corrected chi connectivity index (χ3v) is 5.21. The van der Waals surface area contributed by atoms with E-state index in [0.29, 0.717) is 4.88 Å². The van der Waals surface area contributed by atoms with Crippen LogP contribution in [-0.2, 0) is 17.6 Å². The molecule has 0 radical (unpaired) electrons. The maximum absolute atomic E-state index is 12.3. The van der Waals surface area contributed by atoms with Gasteiger partial charge in [0.25, 0.3) is 11.8 Å². The highest BCUT2D eigenvalue weighted by atomic mass is 32.1. The number of nitrogens with one attached hydrogen (secondary N) is 1. The highest BCUT2D eigenvalue weighted by Crippen LogP contribution is 2.29. The van der Waals surface area contributed by atoms with Crippen molar-refractivity contribution in [2.75, 3.05) is 6.54 Å². The smallest absolute Gasteiger partial charge is 0.272 e. The summed E-state index contributed by atoms with van der Waals surface area (Å²) in [5, 5.41) is 1.10. The van der Waals surface area contributed by atoms with Crippen LogP contribution in [0.15, 0.2) is 6.07 Å². The van der Waals surface area contributed by atoms with Gasteiger partial charge in [-0.15, -0.1) is 11.3 Å². The molecule has 0 atom stereocenters. The van der Waals surface area contributed by atoms with E-state index in [9.17, 15) is 14.4 Å². The number of hydrogen-bond donors (Lipinski definition) is 1. The molecule has 1 aromatic rings. The molecule has 0 aromatic carbocycles. The summed E-state index contributed by atoms with van der Waals surface area (Å²) >= 11 is 1.49. The van der Waals surface area contributed by atoms with Crippen molar-refractivity contribution >= 4 is 29.2 Å². The number of imide groups is 1. The molecular formula is C15H19N3O3S. The van der Waals surface area contributed by atoms with Crippen molar-refractivity contribution in [3.05, 3.63) is 21.4 Å². The highest BCUT2D eigenvalue weighted by Gasteiger charge is 2.38. The van der Waals surface area contributed by atoms with Crippen molar-refractivity contribution in [2.24, 2.45) is 0 Å². The van der Waals surface area contributed by atoms with E-state index in [2.05, 4.69) is 5.43 Å². The van der Waals surface area contributed by atoms with Crippen LogP contribution >= 0.6 is 11.3 Å². The van der Waals surface area contributed by atoms with E-state index in [1.165, 1.54) is 26.7 Å². The number of carbonyl (C=O) groups excluding carboxylic acids is 3. The first-order valence-electron chi connectivity index (χ1n) is 7.53. The van der Waals surface area contributed by atoms with Crippen molar-refractivity contribution in [1.82, 2.24) is 15.3 Å². The van der Waals surface area contributed by atoms with Gasteiger partial charge >= 0.3 is 6.03 Å². The monoisotopic (exact) mass is 321 g/mol. The Morgan fingerprint density at radius 1 is 1.27 bits per heavy atom. The van der Waals surface area contributed by atoms with Gasteiger partial charge in [-0.25, -0.2) is 9.80 Å². The quantitative estimate of drug-likeness (QED) is 0.865. The van der Waals surface area contributed by atoms with Crippen LogP contribution in [0.2, 0.25) is 0 Å². The maximum atomic E-state index is 12.3. The minimum absolute atomic E-state index is 0.103. The lowest BCUT2D eigenvalue weighted by molar-refractivity contribution is -0.126. The number of thiophene rings is 1. The third kappa shape index (κ3) is 2.61. The molecule has 7 heteroatoms. The summed E-state index contributed by atoms with van der Waals surface area (Å²) in [5.41, 5.74) is 3.81. The molecule has 3 rings (SSSR count). The van der Waals surface area contributed by atoms with Gasteiger partial charge in [0.05, 0.1) is 4.88 Å². The zero-order valence-electron chi connectivity index (χ0n) is 12.7. The van der Waals surface area contributed by atoms with Gasteiger partial charge in [-0.3, -0.25) is 19.9 Å². The summed E-state index contributed by atoms with van der Waals surface area (Å²) < 4.78 is 0. The van der Waals surface area contributed by atoms with Gasteiger partial charge in [0, 0.05) is 10.9 Å². The van der Waals surface area contributed by atoms with Crippen LogP contribution in [0.25, 0.3) is 0 Å². The molecule has 0 saturated carbocycles. The molecule has 0 bridgehead atoms. The Labute approximate surface area is 133 Å². The summed E-state index contributed by atoms with van der Waals surface area (Å²) in [6.07, 6.45) is 4.36. The molecule has 1 aliphatic heterocycles. The molecule has 1 fully saturated rings. The molecule has 22 heavy (non-hydrogen) atoms. The second-order valence-electron chi connectivity index (χ2n) is 5.93. The van der Waals surface area contributed by atoms with E-state index in [1.807, 2.05) is 6.07 Å². The van der Waals surface area contributed by atoms with Crippen LogP contribution in [0, 0.1) is 0 Å². The first-order chi connectivity index (χ1) is 10.5. The summed E-state index contributed by atoms with van der Waals surface area (Å²) in [7, 11) is 0. The lowest BCUT2D eigenvalue weighted by atomic mass is 9.99. The van der Waals surface area contributed by atoms with Gasteiger partial charge < -0.3 is 0 Å². The third-order valence-electron chi connectivity index (χ3n) is 3.97. The Hall–Kier alpha value is -1.89. The average Bonchev–Trinajstić information content (AvgIpc) is 3.00. The van der Waals surface area contributed by atoms with Gasteiger partial charge in [-0.1, -0.05) is 0 Å². The molecule has 1 saturated heterocycles. The van der Waals surface area contributed by atoms with Crippen LogP contribution < -0.4 is 5.43 Å². The average molecular weight is 321 g/mol. The lowest BCUT2D eigenvalue weighted by Gasteiger charge is -2.19. The van der Waals surface area contributed by atoms with Gasteiger partial charge in [0.2, 0.25) is 0 Å². The fourth-order valence-electron chi connectivity index (χ4n) is 2.89. The SMILES string of the molecule is CC(C)N1C(=O)CN(NC(=O)c2cc3c(s2)CCCC3)C1=O. The molecule has 6 nitrogen and oxygen atoms in total. The molecule has 0 unspecified atom stereocenters. The number of carbonyl (C=O) groups is 3. The molecule has 2 heterocycles. The molecule has 1 aliphatic carbocycles. The van der Waals surface area contributed by atoms with Crippen molar-refractivity contribution < 1.29 is 14.4 Å². The Morgan fingerprint density at radius 2 is 2.00 bits per heavy atom. The van der Waals surface area contributed by atoms with E-state index in [1.54, 1.807) is 13.8 Å². The lowest BCUT2D eigenvalue weighted by Crippen LogP contribution is -2.45. The Morgan fingerprint density at radius 3 is 2.64 bits per heavy atom. The zero-order chi connectivity index (χ0) is 15.9. The minimum Gasteiger partial charge on any atom is -0.272 e. The van der Waals surface area contributed by atoms with Gasteiger partial charge in [0.1, 0.15) is 6.54 Å². The van der Waals surface area contributed by atoms with Crippen molar-refractivity contribution in [1.29, 1.82) is 0 Å². The number of nitrogens with zero attached hydrogens (tertiary/aromatic N) is 2. The highest BCUT2D eigenvalue weighted by molar-refractivity contribution is 7.14. The summed E-state index contributed by atoms with van der Waals surface area (Å²) in [6.45, 7) is 3.44. The summed E-state index contributed by atoms with van der Waals surface area (Å²) in [6, 6.07) is 1.24. The number of urea groups is 1. The first-order valence-corrected chi connectivity index (χ1v) is 8.35. The summed E-state index contributed by atoms with van der Waals surface area (Å²) in [4.78, 5) is 39.3. The fraction of sp³-hybridized carbons (Fsp3) is 0.533. The predicted octanol–water partition coefficient (Wildman–Crippen LogP) is 1.94. The van der Waals surface area contributed by atoms with Gasteiger partial charge in [-0.05, 0) is 51.2 Å². The normalized spacial score (nSPS) is 18.1. The molecule has 118 valence electrons. The molecule has 1 N–H and O–H groups in total. The van der Waals surface area contributed by atoms with E-state index in [4.69, 9.17) is 0 Å². The van der Waals surface area contributed by atoms with Crippen LogP contribution in [0.1, 0.15) is 46.8 Å². The van der Waals surface area contributed by atoms with Crippen LogP contribution in [-0.4, -0.2) is 40.3 Å². The molecule has 1 aromatic heterocycles. The van der Waals surface area contributed by atoms with E-state index >= 15 is 0 Å². The Balaban J connectivity index is 1.71. The van der Waals surface area contributed by atoms with Crippen LogP contribution in [0.3, 0.4) is 0 Å². The molecular weight excluding hydrogens is 302 g/mol. The molecule has 0 spiro atoms. The fourth-order valence-corrected chi connectivity index (χ4v) is 4.04. The van der Waals surface area contributed by atoms with E-state index in [-0.39, 0.29) is 24.4 Å². The zero-order valence-corrected chi connectivity index (χ0v) is 13.5. The topological polar surface area (TPSA) is 69.7 Å². The van der Waals surface area contributed by atoms with Crippen LogP contribution in [0.4, 0.5) is 4.79 Å². The number of hydrogen-bond acceptors (Lipinski definition) is 4. The number of hydrazine groups is 1. The maximum Gasteiger partial charge on any atom is 0.346 e. The minimum atomic E-state index is -0.463. The number of rotatable bonds is 3. The second kappa shape index (κ2) is 5.72. The molecule has 2 aliphatic rings. The second-order valence-corrected chi connectivity index (χ2v) is 7.07. The Bertz CT molecular complexity index is 614. The number of fused-ring (bicyclic) bond motifs is 1.